The minimum atomic E-state index is -0.755. The monoisotopic (exact) mass is 580 g/mol. The lowest BCUT2D eigenvalue weighted by Gasteiger charge is -2.42. The van der Waals surface area contributed by atoms with Gasteiger partial charge >= 0.3 is 0 Å². The van der Waals surface area contributed by atoms with Crippen molar-refractivity contribution in [2.45, 2.75) is 151 Å². The summed E-state index contributed by atoms with van der Waals surface area (Å²) in [7, 11) is 1.61. The molecule has 4 aliphatic carbocycles. The molecule has 0 aromatic carbocycles. The number of methoxy groups -OCH3 is 1. The zero-order valence-corrected chi connectivity index (χ0v) is 24.9. The third-order valence-electron chi connectivity index (χ3n) is 9.46. The van der Waals surface area contributed by atoms with E-state index in [0.717, 1.165) is 24.9 Å². The van der Waals surface area contributed by atoms with E-state index in [4.69, 9.17) is 4.74 Å². The lowest BCUT2D eigenvalue weighted by Crippen LogP contribution is -2.47. The van der Waals surface area contributed by atoms with Gasteiger partial charge in [0.05, 0.1) is 54.1 Å². The Morgan fingerprint density at radius 2 is 1.10 bits per heavy atom. The molecule has 0 aromatic rings. The maximum Gasteiger partial charge on any atom is 0.0737 e. The molecule has 0 heterocycles. The van der Waals surface area contributed by atoms with Gasteiger partial charge in [0.1, 0.15) is 0 Å². The molecule has 0 saturated heterocycles. The normalized spacial score (nSPS) is 41.3. The van der Waals surface area contributed by atoms with Gasteiger partial charge in [-0.15, -0.1) is 0 Å². The minimum absolute atomic E-state index is 0.0448. The predicted molar refractivity (Wildman–Crippen MR) is 152 cm³/mol. The number of rotatable bonds is 6. The van der Waals surface area contributed by atoms with Crippen molar-refractivity contribution in [2.75, 3.05) is 7.11 Å². The van der Waals surface area contributed by atoms with E-state index in [1.54, 1.807) is 7.11 Å². The first-order chi connectivity index (χ1) is 18.7. The summed E-state index contributed by atoms with van der Waals surface area (Å²) >= 11 is 0.801. The highest BCUT2D eigenvalue weighted by Gasteiger charge is 2.43. The number of hydrogen-bond donors (Lipinski definition) is 8. The lowest BCUT2D eigenvalue weighted by molar-refractivity contribution is -0.107. The standard InChI is InChI=1S/C14H26O4S.C13H24O5.C2H6/c1-18-12-8-11(15)10(7-13(12)19-17)14(16)9-5-3-2-4-6-9;14-7-1-3-9(11(16)5-7)13(18)10-4-2-8(15)6-12(10)17;1-2/h9-17H,2-8H2,1H3;7-18H,1-6H2;1-2H3. The van der Waals surface area contributed by atoms with E-state index < -0.39 is 42.7 Å². The molecule has 4 rings (SSSR count). The summed E-state index contributed by atoms with van der Waals surface area (Å²) in [5.74, 6) is -0.359. The molecule has 8 N–H and O–H groups in total. The molecule has 0 aromatic heterocycles. The van der Waals surface area contributed by atoms with Crippen molar-refractivity contribution in [1.29, 1.82) is 0 Å². The summed E-state index contributed by atoms with van der Waals surface area (Å²) in [5, 5.41) is 69.8. The maximum absolute atomic E-state index is 10.5. The average Bonchev–Trinajstić information content (AvgIpc) is 2.94. The third-order valence-corrected chi connectivity index (χ3v) is 10.2. The van der Waals surface area contributed by atoms with E-state index >= 15 is 0 Å². The zero-order valence-electron chi connectivity index (χ0n) is 24.1. The Morgan fingerprint density at radius 3 is 1.54 bits per heavy atom. The van der Waals surface area contributed by atoms with Crippen molar-refractivity contribution in [3.8, 4) is 0 Å². The third kappa shape index (κ3) is 10.0. The highest BCUT2D eigenvalue weighted by molar-refractivity contribution is 7.94. The number of ether oxygens (including phenoxy) is 1. The molecular formula is C29H56O9S. The first-order valence-corrected chi connectivity index (χ1v) is 16.1. The van der Waals surface area contributed by atoms with E-state index in [9.17, 15) is 40.3 Å². The number of aliphatic hydroxyl groups is 7. The topological polar surface area (TPSA) is 171 Å². The van der Waals surface area contributed by atoms with Crippen LogP contribution < -0.4 is 0 Å². The SMILES string of the molecule is CC.COC1CC(O)C(C(O)C2CCCCC2)CC1SO.OC1CCC(C(O)C2CCC(O)CC2O)C(O)C1. The Kier molecular flexibility index (Phi) is 16.1. The first-order valence-electron chi connectivity index (χ1n) is 15.3. The average molecular weight is 581 g/mol. The fourth-order valence-corrected chi connectivity index (χ4v) is 7.77. The molecule has 11 unspecified atom stereocenters. The summed E-state index contributed by atoms with van der Waals surface area (Å²) in [6.07, 6.45) is 5.59. The van der Waals surface area contributed by atoms with Crippen LogP contribution >= 0.6 is 12.0 Å². The largest absolute Gasteiger partial charge is 0.393 e. The Balaban J connectivity index is 0.000000258. The minimum Gasteiger partial charge on any atom is -0.393 e. The highest BCUT2D eigenvalue weighted by atomic mass is 32.2. The van der Waals surface area contributed by atoms with Crippen LogP contribution in [0.1, 0.15) is 97.3 Å². The van der Waals surface area contributed by atoms with Crippen LogP contribution in [0.15, 0.2) is 0 Å². The van der Waals surface area contributed by atoms with Gasteiger partial charge in [0, 0.05) is 31.3 Å². The van der Waals surface area contributed by atoms with Crippen molar-refractivity contribution >= 4 is 12.0 Å². The van der Waals surface area contributed by atoms with Crippen molar-refractivity contribution in [1.82, 2.24) is 0 Å². The fraction of sp³-hybridized carbons (Fsp3) is 1.00. The van der Waals surface area contributed by atoms with E-state index in [1.165, 1.54) is 19.3 Å². The quantitative estimate of drug-likeness (QED) is 0.218. The lowest BCUT2D eigenvalue weighted by atomic mass is 9.72. The van der Waals surface area contributed by atoms with Gasteiger partial charge in [-0.1, -0.05) is 33.1 Å². The van der Waals surface area contributed by atoms with Crippen molar-refractivity contribution in [3.05, 3.63) is 0 Å². The van der Waals surface area contributed by atoms with Crippen LogP contribution in [-0.4, -0.2) is 101 Å². The number of hydrogen-bond acceptors (Lipinski definition) is 10. The Bertz CT molecular complexity index is 626. The van der Waals surface area contributed by atoms with Crippen LogP contribution in [0.2, 0.25) is 0 Å². The van der Waals surface area contributed by atoms with Gasteiger partial charge < -0.3 is 45.0 Å². The van der Waals surface area contributed by atoms with Crippen LogP contribution in [0, 0.1) is 23.7 Å². The number of aliphatic hydroxyl groups excluding tert-OH is 7. The summed E-state index contributed by atoms with van der Waals surface area (Å²) in [5.41, 5.74) is 0. The second kappa shape index (κ2) is 17.8. The summed E-state index contributed by atoms with van der Waals surface area (Å²) < 4.78 is 14.7. The van der Waals surface area contributed by atoms with Gasteiger partial charge in [0.25, 0.3) is 0 Å². The maximum atomic E-state index is 10.5. The molecule has 4 fully saturated rings. The van der Waals surface area contributed by atoms with Gasteiger partial charge in [0.15, 0.2) is 0 Å². The molecule has 4 saturated carbocycles. The molecule has 10 heteroatoms. The molecule has 9 nitrogen and oxygen atoms in total. The summed E-state index contributed by atoms with van der Waals surface area (Å²) in [6, 6.07) is 0. The van der Waals surface area contributed by atoms with E-state index in [1.807, 2.05) is 13.8 Å². The van der Waals surface area contributed by atoms with Crippen LogP contribution in [0.4, 0.5) is 0 Å². The van der Waals surface area contributed by atoms with E-state index in [-0.39, 0.29) is 29.1 Å². The molecule has 0 amide bonds. The van der Waals surface area contributed by atoms with E-state index in [2.05, 4.69) is 0 Å². The van der Waals surface area contributed by atoms with Crippen molar-refractivity contribution < 1.29 is 45.0 Å². The van der Waals surface area contributed by atoms with Gasteiger partial charge in [-0.3, -0.25) is 0 Å². The van der Waals surface area contributed by atoms with Crippen LogP contribution in [0.5, 0.6) is 0 Å². The van der Waals surface area contributed by atoms with E-state index in [0.29, 0.717) is 57.3 Å². The molecule has 0 aliphatic heterocycles. The van der Waals surface area contributed by atoms with Crippen LogP contribution in [0.25, 0.3) is 0 Å². The molecule has 0 bridgehead atoms. The predicted octanol–water partition coefficient (Wildman–Crippen LogP) is 2.71. The molecule has 4 aliphatic rings. The molecule has 0 radical (unpaired) electrons. The molecule has 39 heavy (non-hydrogen) atoms. The van der Waals surface area contributed by atoms with Crippen LogP contribution in [0.3, 0.4) is 0 Å². The van der Waals surface area contributed by atoms with Gasteiger partial charge in [0.2, 0.25) is 0 Å². The van der Waals surface area contributed by atoms with Gasteiger partial charge in [-0.05, 0) is 75.7 Å². The Morgan fingerprint density at radius 1 is 0.615 bits per heavy atom. The first kappa shape index (κ1) is 35.2. The van der Waals surface area contributed by atoms with Gasteiger partial charge in [-0.2, -0.15) is 0 Å². The van der Waals surface area contributed by atoms with Crippen molar-refractivity contribution in [2.24, 2.45) is 23.7 Å². The second-order valence-electron chi connectivity index (χ2n) is 11.9. The molecule has 0 spiro atoms. The molecule has 232 valence electrons. The molecule has 11 atom stereocenters. The van der Waals surface area contributed by atoms with Crippen LogP contribution in [-0.2, 0) is 4.74 Å². The highest BCUT2D eigenvalue weighted by Crippen LogP contribution is 2.40. The fourth-order valence-electron chi connectivity index (χ4n) is 7.10. The Hall–Kier alpha value is -0.0100. The Labute approximate surface area is 239 Å². The van der Waals surface area contributed by atoms with Gasteiger partial charge in [-0.25, -0.2) is 0 Å². The second-order valence-corrected chi connectivity index (χ2v) is 12.7. The smallest absolute Gasteiger partial charge is 0.0737 e. The zero-order chi connectivity index (χ0) is 29.1. The molecular weight excluding hydrogens is 524 g/mol. The summed E-state index contributed by atoms with van der Waals surface area (Å²) in [4.78, 5) is 0. The van der Waals surface area contributed by atoms with Crippen molar-refractivity contribution in [3.63, 3.8) is 0 Å². The summed E-state index contributed by atoms with van der Waals surface area (Å²) in [6.45, 7) is 4.00.